The maximum absolute atomic E-state index is 13.2. The molecule has 4 heterocycles. The Bertz CT molecular complexity index is 1230. The summed E-state index contributed by atoms with van der Waals surface area (Å²) in [7, 11) is 0. The summed E-state index contributed by atoms with van der Waals surface area (Å²) in [6, 6.07) is 5.85. The fraction of sp³-hybridized carbons (Fsp3) is 0.286. The van der Waals surface area contributed by atoms with Gasteiger partial charge in [0, 0.05) is 21.9 Å². The van der Waals surface area contributed by atoms with Crippen molar-refractivity contribution in [2.45, 2.75) is 31.4 Å². The molecule has 0 N–H and O–H groups in total. The van der Waals surface area contributed by atoms with E-state index in [9.17, 15) is 9.59 Å². The highest BCUT2D eigenvalue weighted by atomic mass is 32.2. The second kappa shape index (κ2) is 6.81. The lowest BCUT2D eigenvalue weighted by Gasteiger charge is -2.11. The van der Waals surface area contributed by atoms with E-state index in [1.807, 2.05) is 24.5 Å². The lowest BCUT2D eigenvalue weighted by atomic mass is 9.98. The van der Waals surface area contributed by atoms with E-state index in [-0.39, 0.29) is 19.0 Å². The minimum absolute atomic E-state index is 0.0352. The van der Waals surface area contributed by atoms with Gasteiger partial charge in [0.05, 0.1) is 29.0 Å². The molecule has 2 aromatic heterocycles. The number of rotatable bonds is 5. The van der Waals surface area contributed by atoms with Crippen molar-refractivity contribution in [1.29, 1.82) is 0 Å². The normalized spacial score (nSPS) is 13.4. The van der Waals surface area contributed by atoms with Crippen molar-refractivity contribution in [3.8, 4) is 22.9 Å². The van der Waals surface area contributed by atoms with Crippen molar-refractivity contribution in [2.75, 3.05) is 13.0 Å². The lowest BCUT2D eigenvalue weighted by Crippen LogP contribution is -2.24. The van der Waals surface area contributed by atoms with Crippen LogP contribution in [0.2, 0.25) is 0 Å². The maximum atomic E-state index is 13.2. The number of nitrogens with zero attached hydrogens (tertiary/aromatic N) is 2. The molecule has 3 aromatic rings. The molecule has 7 nitrogen and oxygen atoms in total. The van der Waals surface area contributed by atoms with Gasteiger partial charge in [-0.05, 0) is 30.4 Å². The Morgan fingerprint density at radius 2 is 2.03 bits per heavy atom. The summed E-state index contributed by atoms with van der Waals surface area (Å²) in [6.45, 7) is 3.10. The van der Waals surface area contributed by atoms with E-state index in [2.05, 4.69) is 6.92 Å². The zero-order chi connectivity index (χ0) is 20.1. The number of hydrogen-bond acceptors (Lipinski definition) is 7. The van der Waals surface area contributed by atoms with Crippen molar-refractivity contribution in [2.24, 2.45) is 0 Å². The van der Waals surface area contributed by atoms with Crippen LogP contribution < -0.4 is 15.0 Å². The van der Waals surface area contributed by atoms with Crippen LogP contribution in [-0.4, -0.2) is 29.1 Å². The van der Waals surface area contributed by atoms with Gasteiger partial charge in [-0.15, -0.1) is 11.8 Å². The van der Waals surface area contributed by atoms with E-state index < -0.39 is 0 Å². The van der Waals surface area contributed by atoms with Gasteiger partial charge in [-0.2, -0.15) is 0 Å². The van der Waals surface area contributed by atoms with Gasteiger partial charge >= 0.3 is 0 Å². The first-order valence-corrected chi connectivity index (χ1v) is 10.5. The molecule has 0 aliphatic carbocycles. The second-order valence-electron chi connectivity index (χ2n) is 6.87. The van der Waals surface area contributed by atoms with E-state index in [4.69, 9.17) is 19.2 Å². The fourth-order valence-electron chi connectivity index (χ4n) is 4.16. The highest BCUT2D eigenvalue weighted by molar-refractivity contribution is 7.98. The highest BCUT2D eigenvalue weighted by Crippen LogP contribution is 2.41. The van der Waals surface area contributed by atoms with Crippen LogP contribution in [0.4, 0.5) is 0 Å². The van der Waals surface area contributed by atoms with Gasteiger partial charge in [-0.25, -0.2) is 4.98 Å². The van der Waals surface area contributed by atoms with Crippen molar-refractivity contribution in [3.63, 3.8) is 0 Å². The standard InChI is InChI=1S/C21H18N2O5S/c1-3-11-12-4-17-18(28-10-27-17)5-15(12)22-20-13(11)7-23-16(20)6-19(29-2)14(21(23)25)8-26-9-24/h4-6,9H,3,7-8,10H2,1-2H3. The Morgan fingerprint density at radius 1 is 1.24 bits per heavy atom. The van der Waals surface area contributed by atoms with Gasteiger partial charge < -0.3 is 18.8 Å². The molecule has 0 fully saturated rings. The van der Waals surface area contributed by atoms with Gasteiger partial charge in [0.2, 0.25) is 6.79 Å². The molecule has 0 unspecified atom stereocenters. The average molecular weight is 410 g/mol. The summed E-state index contributed by atoms with van der Waals surface area (Å²) >= 11 is 1.46. The topological polar surface area (TPSA) is 79.7 Å². The number of aromatic nitrogens is 2. The molecule has 0 amide bonds. The maximum Gasteiger partial charge on any atom is 0.293 e. The molecule has 0 radical (unpaired) electrons. The molecule has 0 saturated carbocycles. The number of benzene rings is 1. The number of carbonyl (C=O) groups is 1. The van der Waals surface area contributed by atoms with Crippen LogP contribution in [0.1, 0.15) is 23.6 Å². The van der Waals surface area contributed by atoms with E-state index in [1.54, 1.807) is 4.57 Å². The SMILES string of the molecule is CCc1c2c(nc3cc4c(cc13)OCO4)-c1cc(SC)c(COC=O)c(=O)n1C2. The molecular formula is C21H18N2O5S. The molecule has 29 heavy (non-hydrogen) atoms. The minimum Gasteiger partial charge on any atom is -0.463 e. The van der Waals surface area contributed by atoms with Crippen LogP contribution >= 0.6 is 11.8 Å². The highest BCUT2D eigenvalue weighted by Gasteiger charge is 2.28. The van der Waals surface area contributed by atoms with Gasteiger partial charge in [-0.3, -0.25) is 9.59 Å². The zero-order valence-corrected chi connectivity index (χ0v) is 16.8. The number of thioether (sulfide) groups is 1. The predicted octanol–water partition coefficient (Wildman–Crippen LogP) is 3.11. The first-order chi connectivity index (χ1) is 14.2. The molecule has 0 spiro atoms. The molecular weight excluding hydrogens is 392 g/mol. The third kappa shape index (κ3) is 2.62. The summed E-state index contributed by atoms with van der Waals surface area (Å²) in [5.41, 5.74) is 4.99. The average Bonchev–Trinajstić information content (AvgIpc) is 3.33. The van der Waals surface area contributed by atoms with Crippen LogP contribution in [0, 0.1) is 0 Å². The Kier molecular flexibility index (Phi) is 4.24. The van der Waals surface area contributed by atoms with Gasteiger partial charge in [-0.1, -0.05) is 6.92 Å². The predicted molar refractivity (Wildman–Crippen MR) is 109 cm³/mol. The molecule has 0 bridgehead atoms. The quantitative estimate of drug-likeness (QED) is 0.369. The summed E-state index contributed by atoms with van der Waals surface area (Å²) in [5, 5.41) is 1.02. The molecule has 8 heteroatoms. The second-order valence-corrected chi connectivity index (χ2v) is 7.72. The Morgan fingerprint density at radius 3 is 2.76 bits per heavy atom. The summed E-state index contributed by atoms with van der Waals surface area (Å²) in [6.07, 6.45) is 2.71. The monoisotopic (exact) mass is 410 g/mol. The van der Waals surface area contributed by atoms with Crippen LogP contribution in [0.5, 0.6) is 11.5 Å². The van der Waals surface area contributed by atoms with E-state index >= 15 is 0 Å². The molecule has 0 atom stereocenters. The summed E-state index contributed by atoms with van der Waals surface area (Å²) < 4.78 is 17.7. The van der Waals surface area contributed by atoms with Crippen molar-refractivity contribution >= 4 is 29.1 Å². The Hall–Kier alpha value is -3.00. The summed E-state index contributed by atoms with van der Waals surface area (Å²) in [5.74, 6) is 1.41. The molecule has 2 aliphatic rings. The first-order valence-electron chi connectivity index (χ1n) is 9.27. The zero-order valence-electron chi connectivity index (χ0n) is 16.0. The third-order valence-electron chi connectivity index (χ3n) is 5.49. The molecule has 5 rings (SSSR count). The van der Waals surface area contributed by atoms with Crippen molar-refractivity contribution < 1.29 is 19.0 Å². The van der Waals surface area contributed by atoms with Crippen LogP contribution in [0.3, 0.4) is 0 Å². The van der Waals surface area contributed by atoms with Gasteiger partial charge in [0.1, 0.15) is 6.61 Å². The Labute approximate surface area is 170 Å². The van der Waals surface area contributed by atoms with Gasteiger partial charge in [0.25, 0.3) is 12.0 Å². The minimum atomic E-state index is -0.146. The summed E-state index contributed by atoms with van der Waals surface area (Å²) in [4.78, 5) is 29.5. The largest absolute Gasteiger partial charge is 0.463 e. The first kappa shape index (κ1) is 18.1. The van der Waals surface area contributed by atoms with Crippen LogP contribution in [0.25, 0.3) is 22.3 Å². The molecule has 2 aliphatic heterocycles. The van der Waals surface area contributed by atoms with E-state index in [0.717, 1.165) is 50.5 Å². The van der Waals surface area contributed by atoms with Crippen LogP contribution in [-0.2, 0) is 29.1 Å². The molecule has 1 aromatic carbocycles. The van der Waals surface area contributed by atoms with Crippen molar-refractivity contribution in [1.82, 2.24) is 9.55 Å². The van der Waals surface area contributed by atoms with Gasteiger partial charge in [0.15, 0.2) is 11.5 Å². The number of ether oxygens (including phenoxy) is 3. The van der Waals surface area contributed by atoms with E-state index in [1.165, 1.54) is 11.8 Å². The molecule has 0 saturated heterocycles. The third-order valence-corrected chi connectivity index (χ3v) is 6.29. The number of aryl methyl sites for hydroxylation is 1. The fourth-order valence-corrected chi connectivity index (χ4v) is 4.78. The molecule has 148 valence electrons. The Balaban J connectivity index is 1.76. The number of fused-ring (bicyclic) bond motifs is 5. The number of hydrogen-bond donors (Lipinski definition) is 0. The van der Waals surface area contributed by atoms with Crippen molar-refractivity contribution in [3.05, 3.63) is 45.2 Å². The number of pyridine rings is 2. The van der Waals surface area contributed by atoms with E-state index in [0.29, 0.717) is 24.3 Å². The number of carbonyl (C=O) groups excluding carboxylic acids is 1. The smallest absolute Gasteiger partial charge is 0.293 e. The lowest BCUT2D eigenvalue weighted by molar-refractivity contribution is -0.129. The van der Waals surface area contributed by atoms with Crippen LogP contribution in [0.15, 0.2) is 27.9 Å².